The molecule has 2 aromatic carbocycles. The Hall–Kier alpha value is -2.78. The molecule has 1 aliphatic heterocycles. The number of aryl methyl sites for hydroxylation is 1. The van der Waals surface area contributed by atoms with E-state index in [1.807, 2.05) is 35.2 Å². The smallest absolute Gasteiger partial charge is 0.271 e. The van der Waals surface area contributed by atoms with Crippen molar-refractivity contribution in [3.8, 4) is 0 Å². The highest BCUT2D eigenvalue weighted by Crippen LogP contribution is 2.27. The summed E-state index contributed by atoms with van der Waals surface area (Å²) in [5, 5.41) is 13.8. The van der Waals surface area contributed by atoms with Crippen molar-refractivity contribution >= 4 is 27.1 Å². The van der Waals surface area contributed by atoms with Crippen LogP contribution in [0.1, 0.15) is 17.2 Å². The van der Waals surface area contributed by atoms with Gasteiger partial charge in [-0.2, -0.15) is 0 Å². The number of hydrogen-bond donors (Lipinski definition) is 1. The van der Waals surface area contributed by atoms with Gasteiger partial charge in [0.1, 0.15) is 6.04 Å². The molecule has 0 spiro atoms. The maximum atomic E-state index is 13.1. The molecular weight excluding hydrogens is 382 g/mol. The molecule has 1 fully saturated rings. The van der Waals surface area contributed by atoms with E-state index in [0.717, 1.165) is 5.56 Å². The molecule has 1 amide bonds. The third kappa shape index (κ3) is 4.55. The summed E-state index contributed by atoms with van der Waals surface area (Å²) in [6, 6.07) is 12.7. The second-order valence-corrected chi connectivity index (χ2v) is 9.05. The SMILES string of the molecule is Cc1ccc([N+](=O)[O-])cc1NC(=O)C(c1ccccc1)N1CCS(=O)(=O)CC1. The number of benzene rings is 2. The molecule has 1 atom stereocenters. The predicted octanol–water partition coefficient (Wildman–Crippen LogP) is 2.31. The maximum absolute atomic E-state index is 13.1. The van der Waals surface area contributed by atoms with Gasteiger partial charge in [-0.15, -0.1) is 0 Å². The molecule has 1 unspecified atom stereocenters. The molecule has 1 heterocycles. The van der Waals surface area contributed by atoms with Crippen LogP contribution in [-0.4, -0.2) is 48.7 Å². The summed E-state index contributed by atoms with van der Waals surface area (Å²) in [4.78, 5) is 25.5. The van der Waals surface area contributed by atoms with E-state index < -0.39 is 20.8 Å². The number of amides is 1. The Kier molecular flexibility index (Phi) is 5.76. The number of rotatable bonds is 5. The summed E-state index contributed by atoms with van der Waals surface area (Å²) < 4.78 is 23.5. The third-order valence-corrected chi connectivity index (χ3v) is 6.41. The highest BCUT2D eigenvalue weighted by molar-refractivity contribution is 7.91. The number of nitro groups is 1. The lowest BCUT2D eigenvalue weighted by Gasteiger charge is -2.33. The Balaban J connectivity index is 1.89. The van der Waals surface area contributed by atoms with E-state index in [4.69, 9.17) is 0 Å². The van der Waals surface area contributed by atoms with Crippen LogP contribution in [0.25, 0.3) is 0 Å². The zero-order valence-corrected chi connectivity index (χ0v) is 16.2. The van der Waals surface area contributed by atoms with Crippen molar-refractivity contribution in [3.05, 3.63) is 69.8 Å². The van der Waals surface area contributed by atoms with Gasteiger partial charge in [-0.25, -0.2) is 8.42 Å². The number of carbonyl (C=O) groups is 1. The van der Waals surface area contributed by atoms with Crippen LogP contribution < -0.4 is 5.32 Å². The van der Waals surface area contributed by atoms with Gasteiger partial charge < -0.3 is 5.32 Å². The molecule has 0 radical (unpaired) electrons. The molecular formula is C19H21N3O5S. The second kappa shape index (κ2) is 8.07. The van der Waals surface area contributed by atoms with Gasteiger partial charge in [0.15, 0.2) is 9.84 Å². The summed E-state index contributed by atoms with van der Waals surface area (Å²) in [6.07, 6.45) is 0. The average Bonchev–Trinajstić information content (AvgIpc) is 2.66. The van der Waals surface area contributed by atoms with E-state index in [-0.39, 0.29) is 36.2 Å². The minimum Gasteiger partial charge on any atom is -0.324 e. The van der Waals surface area contributed by atoms with Crippen LogP contribution in [0.2, 0.25) is 0 Å². The molecule has 2 aromatic rings. The van der Waals surface area contributed by atoms with Gasteiger partial charge in [-0.3, -0.25) is 19.8 Å². The number of nitrogens with zero attached hydrogens (tertiary/aromatic N) is 2. The largest absolute Gasteiger partial charge is 0.324 e. The Morgan fingerprint density at radius 3 is 2.39 bits per heavy atom. The lowest BCUT2D eigenvalue weighted by atomic mass is 10.0. The van der Waals surface area contributed by atoms with Crippen LogP contribution in [0.4, 0.5) is 11.4 Å². The molecule has 8 nitrogen and oxygen atoms in total. The van der Waals surface area contributed by atoms with Gasteiger partial charge in [-0.05, 0) is 18.1 Å². The monoisotopic (exact) mass is 403 g/mol. The van der Waals surface area contributed by atoms with Gasteiger partial charge in [0.25, 0.3) is 5.69 Å². The van der Waals surface area contributed by atoms with Crippen LogP contribution in [0.15, 0.2) is 48.5 Å². The van der Waals surface area contributed by atoms with Crippen LogP contribution in [0, 0.1) is 17.0 Å². The summed E-state index contributed by atoms with van der Waals surface area (Å²) in [5.41, 5.74) is 1.69. The Bertz CT molecular complexity index is 978. The van der Waals surface area contributed by atoms with E-state index in [0.29, 0.717) is 11.3 Å². The van der Waals surface area contributed by atoms with E-state index in [9.17, 15) is 23.3 Å². The van der Waals surface area contributed by atoms with E-state index >= 15 is 0 Å². The van der Waals surface area contributed by atoms with Crippen LogP contribution in [0.5, 0.6) is 0 Å². The average molecular weight is 403 g/mol. The number of anilines is 1. The van der Waals surface area contributed by atoms with Crippen molar-refractivity contribution in [1.29, 1.82) is 0 Å². The van der Waals surface area contributed by atoms with E-state index in [2.05, 4.69) is 5.32 Å². The zero-order valence-electron chi connectivity index (χ0n) is 15.4. The molecule has 1 saturated heterocycles. The first-order chi connectivity index (χ1) is 13.3. The van der Waals surface area contributed by atoms with Crippen LogP contribution >= 0.6 is 0 Å². The van der Waals surface area contributed by atoms with Crippen molar-refractivity contribution in [3.63, 3.8) is 0 Å². The number of nitrogens with one attached hydrogen (secondary N) is 1. The van der Waals surface area contributed by atoms with Gasteiger partial charge in [0.05, 0.1) is 22.1 Å². The summed E-state index contributed by atoms with van der Waals surface area (Å²) in [6.45, 7) is 2.26. The number of carbonyl (C=O) groups excluding carboxylic acids is 1. The molecule has 1 aliphatic rings. The number of non-ortho nitro benzene ring substituents is 1. The third-order valence-electron chi connectivity index (χ3n) is 4.80. The van der Waals surface area contributed by atoms with E-state index in [1.54, 1.807) is 13.0 Å². The molecule has 1 N–H and O–H groups in total. The molecule has 9 heteroatoms. The minimum absolute atomic E-state index is 0.000546. The van der Waals surface area contributed by atoms with Gasteiger partial charge in [0, 0.05) is 25.2 Å². The van der Waals surface area contributed by atoms with Crippen molar-refractivity contribution in [2.75, 3.05) is 29.9 Å². The first-order valence-electron chi connectivity index (χ1n) is 8.82. The van der Waals surface area contributed by atoms with Gasteiger partial charge in [0.2, 0.25) is 5.91 Å². The Morgan fingerprint density at radius 1 is 1.14 bits per heavy atom. The zero-order chi connectivity index (χ0) is 20.3. The highest BCUT2D eigenvalue weighted by Gasteiger charge is 2.32. The standard InChI is InChI=1S/C19H21N3O5S/c1-14-7-8-16(22(24)25)13-17(14)20-19(23)18(15-5-3-2-4-6-15)21-9-11-28(26,27)12-10-21/h2-8,13,18H,9-12H2,1H3,(H,20,23). The van der Waals surface area contributed by atoms with Crippen molar-refractivity contribution < 1.29 is 18.1 Å². The van der Waals surface area contributed by atoms with Crippen molar-refractivity contribution in [2.45, 2.75) is 13.0 Å². The first-order valence-corrected chi connectivity index (χ1v) is 10.6. The maximum Gasteiger partial charge on any atom is 0.271 e. The Morgan fingerprint density at radius 2 is 1.79 bits per heavy atom. The van der Waals surface area contributed by atoms with Crippen LogP contribution in [0.3, 0.4) is 0 Å². The fourth-order valence-electron chi connectivity index (χ4n) is 3.21. The lowest BCUT2D eigenvalue weighted by molar-refractivity contribution is -0.384. The molecule has 0 aliphatic carbocycles. The molecule has 28 heavy (non-hydrogen) atoms. The molecule has 0 saturated carbocycles. The van der Waals surface area contributed by atoms with Crippen molar-refractivity contribution in [2.24, 2.45) is 0 Å². The van der Waals surface area contributed by atoms with E-state index in [1.165, 1.54) is 12.1 Å². The number of nitro benzene ring substituents is 1. The quantitative estimate of drug-likeness (QED) is 0.606. The molecule has 0 aromatic heterocycles. The van der Waals surface area contributed by atoms with Gasteiger partial charge >= 0.3 is 0 Å². The summed E-state index contributed by atoms with van der Waals surface area (Å²) in [5.74, 6) is -0.354. The lowest BCUT2D eigenvalue weighted by Crippen LogP contribution is -2.46. The number of hydrogen-bond acceptors (Lipinski definition) is 6. The van der Waals surface area contributed by atoms with Crippen LogP contribution in [-0.2, 0) is 14.6 Å². The topological polar surface area (TPSA) is 110 Å². The molecule has 148 valence electrons. The fraction of sp³-hybridized carbons (Fsp3) is 0.316. The molecule has 3 rings (SSSR count). The second-order valence-electron chi connectivity index (χ2n) is 6.75. The Labute approximate surface area is 163 Å². The molecule has 0 bridgehead atoms. The minimum atomic E-state index is -3.09. The normalized spacial score (nSPS) is 17.6. The summed E-state index contributed by atoms with van der Waals surface area (Å²) in [7, 11) is -3.09. The number of sulfone groups is 1. The van der Waals surface area contributed by atoms with Crippen molar-refractivity contribution in [1.82, 2.24) is 4.90 Å². The first kappa shape index (κ1) is 20.0. The van der Waals surface area contributed by atoms with Gasteiger partial charge in [-0.1, -0.05) is 36.4 Å². The fourth-order valence-corrected chi connectivity index (χ4v) is 4.44. The highest BCUT2D eigenvalue weighted by atomic mass is 32.2. The predicted molar refractivity (Wildman–Crippen MR) is 106 cm³/mol. The summed E-state index contributed by atoms with van der Waals surface area (Å²) >= 11 is 0.